The number of anilines is 2. The number of H-pyrrole nitrogens is 1. The molecule has 0 spiro atoms. The Hall–Kier alpha value is -8.42. The molecule has 1 unspecified atom stereocenters. The predicted molar refractivity (Wildman–Crippen MR) is 327 cm³/mol. The summed E-state index contributed by atoms with van der Waals surface area (Å²) in [5.41, 5.74) is 6.33. The Balaban J connectivity index is 0.674. The molecule has 5 amide bonds. The maximum atomic E-state index is 14.1. The molecule has 6 aromatic rings. The number of rotatable bonds is 18. The number of benzene rings is 4. The third kappa shape index (κ3) is 13.5. The number of nitro benzene ring substituents is 1. The second-order valence-electron chi connectivity index (χ2n) is 23.6. The molecule has 1 aliphatic carbocycles. The van der Waals surface area contributed by atoms with E-state index >= 15 is 0 Å². The van der Waals surface area contributed by atoms with Gasteiger partial charge in [-0.1, -0.05) is 55.0 Å². The Bertz CT molecular complexity index is 3880. The highest BCUT2D eigenvalue weighted by molar-refractivity contribution is 7.90. The van der Waals surface area contributed by atoms with Crippen molar-refractivity contribution in [1.29, 1.82) is 0 Å². The summed E-state index contributed by atoms with van der Waals surface area (Å²) in [4.78, 5) is 91.3. The van der Waals surface area contributed by atoms with Gasteiger partial charge in [-0.3, -0.25) is 49.2 Å². The fourth-order valence-electron chi connectivity index (χ4n) is 12.1. The van der Waals surface area contributed by atoms with Crippen molar-refractivity contribution in [3.05, 3.63) is 152 Å². The van der Waals surface area contributed by atoms with E-state index in [0.717, 1.165) is 106 Å². The SMILES string of the molecule is CC1(C)CCC(CN2CCN(c3ccc(C(=O)NS(=O)(=O)c4ccc(NCC5CCN(CCCCC#Cc6ccc7c(c6)C(=O)N(C6CCC(=O)NC6=O)C7=O)CC5)c([N+](=O)[O-])c4)c(Oc4cnc5[nH]ccc5c4)c3)CC2)=C(c2ccc(Cl)cc2)C1. The summed E-state index contributed by atoms with van der Waals surface area (Å²) in [7, 11) is -4.63. The molecule has 3 saturated heterocycles. The molecule has 4 aliphatic heterocycles. The normalized spacial score (nSPS) is 18.6. The minimum atomic E-state index is -4.63. The summed E-state index contributed by atoms with van der Waals surface area (Å²) in [6.45, 7) is 11.5. The van der Waals surface area contributed by atoms with Gasteiger partial charge in [0.25, 0.3) is 33.4 Å². The molecule has 4 N–H and O–H groups in total. The quantitative estimate of drug-likeness (QED) is 0.0206. The number of nitrogens with zero attached hydrogens (tertiary/aromatic N) is 6. The lowest BCUT2D eigenvalue weighted by Crippen LogP contribution is -2.54. The van der Waals surface area contributed by atoms with Crippen molar-refractivity contribution in [2.75, 3.05) is 69.1 Å². The minimum absolute atomic E-state index is 0.0460. The van der Waals surface area contributed by atoms with Gasteiger partial charge in [-0.15, -0.1) is 0 Å². The van der Waals surface area contributed by atoms with Gasteiger partial charge in [-0.05, 0) is 160 Å². The van der Waals surface area contributed by atoms with E-state index in [-0.39, 0.29) is 52.3 Å². The molecule has 6 heterocycles. The first kappa shape index (κ1) is 59.3. The highest BCUT2D eigenvalue weighted by atomic mass is 35.5. The summed E-state index contributed by atoms with van der Waals surface area (Å²) >= 11 is 6.27. The molecule has 3 fully saturated rings. The van der Waals surface area contributed by atoms with Crippen LogP contribution in [0.15, 0.2) is 114 Å². The molecule has 1 atom stereocenters. The van der Waals surface area contributed by atoms with E-state index in [1.54, 1.807) is 42.6 Å². The van der Waals surface area contributed by atoms with Crippen LogP contribution in [0.5, 0.6) is 11.5 Å². The van der Waals surface area contributed by atoms with E-state index in [4.69, 9.17) is 16.3 Å². The summed E-state index contributed by atoms with van der Waals surface area (Å²) < 4.78 is 36.4. The average Bonchev–Trinajstić information content (AvgIpc) is 2.20. The molecular formula is C64H67ClN10O10S. The number of piperidine rings is 2. The van der Waals surface area contributed by atoms with Crippen molar-refractivity contribution in [2.24, 2.45) is 11.3 Å². The van der Waals surface area contributed by atoms with Crippen molar-refractivity contribution >= 4 is 84.8 Å². The maximum absolute atomic E-state index is 14.1. The number of halogens is 1. The molecule has 0 bridgehead atoms. The zero-order valence-corrected chi connectivity index (χ0v) is 49.5. The van der Waals surface area contributed by atoms with Crippen LogP contribution in [0.25, 0.3) is 16.6 Å². The Morgan fingerprint density at radius 1 is 0.872 bits per heavy atom. The number of sulfonamides is 1. The zero-order valence-electron chi connectivity index (χ0n) is 48.0. The summed E-state index contributed by atoms with van der Waals surface area (Å²) in [5, 5.41) is 19.3. The number of piperazine rings is 1. The molecule has 11 rings (SSSR count). The maximum Gasteiger partial charge on any atom is 0.293 e. The number of nitrogens with one attached hydrogen (secondary N) is 4. The van der Waals surface area contributed by atoms with Gasteiger partial charge >= 0.3 is 0 Å². The number of amides is 5. The highest BCUT2D eigenvalue weighted by Gasteiger charge is 2.45. The fourth-order valence-corrected chi connectivity index (χ4v) is 13.2. The van der Waals surface area contributed by atoms with E-state index in [1.165, 1.54) is 41.1 Å². The van der Waals surface area contributed by atoms with Gasteiger partial charge in [-0.25, -0.2) is 18.1 Å². The van der Waals surface area contributed by atoms with Crippen molar-refractivity contribution in [2.45, 2.75) is 89.0 Å². The molecule has 0 saturated carbocycles. The van der Waals surface area contributed by atoms with Crippen LogP contribution >= 0.6 is 11.6 Å². The lowest BCUT2D eigenvalue weighted by molar-refractivity contribution is -0.384. The van der Waals surface area contributed by atoms with Gasteiger partial charge in [-0.2, -0.15) is 0 Å². The smallest absolute Gasteiger partial charge is 0.293 e. The van der Waals surface area contributed by atoms with Crippen LogP contribution < -0.4 is 25.0 Å². The summed E-state index contributed by atoms with van der Waals surface area (Å²) in [6, 6.07) is 24.1. The average molecular weight is 1200 g/mol. The molecule has 86 heavy (non-hydrogen) atoms. The predicted octanol–water partition coefficient (Wildman–Crippen LogP) is 9.57. The number of carbonyl (C=O) groups is 5. The molecule has 0 radical (unpaired) electrons. The largest absolute Gasteiger partial charge is 0.455 e. The lowest BCUT2D eigenvalue weighted by Gasteiger charge is -2.39. The molecule has 4 aromatic carbocycles. The topological polar surface area (TPSA) is 250 Å². The number of carbonyl (C=O) groups excluding carboxylic acids is 5. The number of allylic oxidation sites excluding steroid dienone is 1. The standard InChI is InChI=1S/C64H67ClN10O10S/c1-64(2)24-20-45(53(37-64)43-9-11-46(65)12-10-43)40-72-29-31-73(32-30-72)47-13-16-51(57(35-47)85-48-34-44-21-25-66-59(44)68-39-48)60(77)70-86(83,84)49-14-17-54(56(36-49)75(81)82)67-38-42-22-27-71(28-23-42)26-6-4-3-5-7-41-8-15-50-52(33-41)63(80)74(62(50)79)55-18-19-58(76)69-61(55)78/h8-17,21,25,33-36,39,42,55,67H,3-4,6,18-20,22-24,26-32,37-38,40H2,1-2H3,(H,66,68)(H,70,77)(H,69,76,78). The molecule has 20 nitrogen and oxygen atoms in total. The molecule has 22 heteroatoms. The van der Waals surface area contributed by atoms with E-state index in [2.05, 4.69) is 77.8 Å². The van der Waals surface area contributed by atoms with Gasteiger partial charge in [0.1, 0.15) is 28.9 Å². The van der Waals surface area contributed by atoms with Crippen molar-refractivity contribution < 1.29 is 42.1 Å². The number of aromatic nitrogens is 2. The van der Waals surface area contributed by atoms with Crippen LogP contribution in [-0.4, -0.2) is 132 Å². The summed E-state index contributed by atoms with van der Waals surface area (Å²) in [6.07, 6.45) is 10.6. The Morgan fingerprint density at radius 3 is 2.42 bits per heavy atom. The van der Waals surface area contributed by atoms with Gasteiger partial charge in [0.2, 0.25) is 11.8 Å². The Labute approximate surface area is 503 Å². The van der Waals surface area contributed by atoms with E-state index in [9.17, 15) is 42.5 Å². The van der Waals surface area contributed by atoms with Crippen LogP contribution in [0, 0.1) is 33.3 Å². The first-order chi connectivity index (χ1) is 41.3. The molecular weight excluding hydrogens is 1140 g/mol. The van der Waals surface area contributed by atoms with Gasteiger partial charge in [0.05, 0.1) is 32.7 Å². The zero-order chi connectivity index (χ0) is 60.3. The number of ether oxygens (including phenoxy) is 1. The number of nitro groups is 1. The number of unbranched alkanes of at least 4 members (excludes halogenated alkanes) is 2. The first-order valence-corrected chi connectivity index (χ1v) is 31.1. The van der Waals surface area contributed by atoms with Gasteiger partial charge < -0.3 is 24.8 Å². The van der Waals surface area contributed by atoms with E-state index < -0.39 is 61.1 Å². The number of aromatic amines is 1. The van der Waals surface area contributed by atoms with E-state index in [0.29, 0.717) is 48.0 Å². The third-order valence-electron chi connectivity index (χ3n) is 17.0. The molecule has 5 aliphatic rings. The number of likely N-dealkylation sites (tertiary alicyclic amines) is 1. The third-order valence-corrected chi connectivity index (χ3v) is 18.6. The number of hydrogen-bond donors (Lipinski definition) is 4. The molecule has 2 aromatic heterocycles. The minimum Gasteiger partial charge on any atom is -0.455 e. The van der Waals surface area contributed by atoms with Crippen LogP contribution in [0.2, 0.25) is 5.02 Å². The highest BCUT2D eigenvalue weighted by Crippen LogP contribution is 2.44. The van der Waals surface area contributed by atoms with Crippen molar-refractivity contribution in [3.8, 4) is 23.3 Å². The number of hydrogen-bond acceptors (Lipinski definition) is 15. The van der Waals surface area contributed by atoms with Crippen molar-refractivity contribution in [1.82, 2.24) is 34.7 Å². The lowest BCUT2D eigenvalue weighted by atomic mass is 9.72. The number of fused-ring (bicyclic) bond motifs is 2. The van der Waals surface area contributed by atoms with Gasteiger partial charge in [0.15, 0.2) is 0 Å². The van der Waals surface area contributed by atoms with Crippen LogP contribution in [0.4, 0.5) is 17.1 Å². The number of imide groups is 2. The fraction of sp³-hybridized carbons (Fsp3) is 0.375. The Morgan fingerprint density at radius 2 is 1.65 bits per heavy atom. The summed E-state index contributed by atoms with van der Waals surface area (Å²) in [5.74, 6) is 3.69. The van der Waals surface area contributed by atoms with Crippen molar-refractivity contribution in [3.63, 3.8) is 0 Å². The molecule has 446 valence electrons. The van der Waals surface area contributed by atoms with Crippen LogP contribution in [0.1, 0.15) is 120 Å². The number of pyridine rings is 1. The Kier molecular flexibility index (Phi) is 17.4. The second-order valence-corrected chi connectivity index (χ2v) is 25.7. The van der Waals surface area contributed by atoms with E-state index in [1.807, 2.05) is 18.2 Å². The first-order valence-electron chi connectivity index (χ1n) is 29.2. The van der Waals surface area contributed by atoms with Gasteiger partial charge in [0, 0.05) is 92.1 Å². The second kappa shape index (κ2) is 25.3. The van der Waals surface area contributed by atoms with Crippen LogP contribution in [0.3, 0.4) is 0 Å². The monoisotopic (exact) mass is 1200 g/mol. The van der Waals surface area contributed by atoms with Crippen LogP contribution in [-0.2, 0) is 19.6 Å².